The van der Waals surface area contributed by atoms with Crippen LogP contribution in [-0.2, 0) is 6.18 Å². The number of hydrogen-bond acceptors (Lipinski definition) is 4. The number of anilines is 1. The number of aliphatic hydroxyl groups excluding tert-OH is 1. The van der Waals surface area contributed by atoms with Crippen molar-refractivity contribution < 1.29 is 18.3 Å². The molecule has 6 nitrogen and oxygen atoms in total. The minimum Gasteiger partial charge on any atom is -0.509 e. The van der Waals surface area contributed by atoms with Crippen LogP contribution in [0.4, 0.5) is 18.9 Å². The summed E-state index contributed by atoms with van der Waals surface area (Å²) >= 11 is 5.65. The number of nitrogens with zero attached hydrogens (tertiary/aromatic N) is 2. The number of amidine groups is 1. The maximum atomic E-state index is 13.2. The highest BCUT2D eigenvalue weighted by Crippen LogP contribution is 2.38. The molecular formula is C19H12ClF3N4O2. The fourth-order valence-corrected chi connectivity index (χ4v) is 3.38. The first-order valence-electron chi connectivity index (χ1n) is 8.31. The van der Waals surface area contributed by atoms with Gasteiger partial charge >= 0.3 is 6.18 Å². The summed E-state index contributed by atoms with van der Waals surface area (Å²) in [5.74, 6) is -0.628. The van der Waals surface area contributed by atoms with Crippen LogP contribution in [0.5, 0.6) is 0 Å². The molecule has 29 heavy (non-hydrogen) atoms. The van der Waals surface area contributed by atoms with E-state index in [-0.39, 0.29) is 35.2 Å². The van der Waals surface area contributed by atoms with Crippen LogP contribution in [0.1, 0.15) is 11.4 Å². The maximum absolute atomic E-state index is 13.2. The molecule has 0 saturated heterocycles. The second kappa shape index (κ2) is 6.63. The number of alkyl halides is 3. The molecule has 2 heterocycles. The molecule has 1 aromatic heterocycles. The van der Waals surface area contributed by atoms with Gasteiger partial charge < -0.3 is 15.0 Å². The van der Waals surface area contributed by atoms with E-state index in [0.717, 1.165) is 12.1 Å². The van der Waals surface area contributed by atoms with Crippen LogP contribution in [0.3, 0.4) is 0 Å². The Hall–Kier alpha value is -3.33. The van der Waals surface area contributed by atoms with E-state index in [1.165, 1.54) is 11.0 Å². The van der Waals surface area contributed by atoms with Crippen LogP contribution < -0.4 is 10.5 Å². The van der Waals surface area contributed by atoms with Gasteiger partial charge in [0.05, 0.1) is 33.6 Å². The van der Waals surface area contributed by atoms with Gasteiger partial charge in [0.1, 0.15) is 17.4 Å². The average molecular weight is 421 g/mol. The predicted molar refractivity (Wildman–Crippen MR) is 103 cm³/mol. The molecular weight excluding hydrogens is 409 g/mol. The summed E-state index contributed by atoms with van der Waals surface area (Å²) in [5.41, 5.74) is -1.17. The Morgan fingerprint density at radius 3 is 2.66 bits per heavy atom. The van der Waals surface area contributed by atoms with Crippen LogP contribution in [0.25, 0.3) is 16.5 Å². The minimum atomic E-state index is -4.67. The number of aromatic amines is 1. The molecule has 10 heteroatoms. The SMILES string of the molecule is N=C1C(c2nc3ccccc3c(=O)[nH]2)=C(O)CN1c1ccc(Cl)c(C(F)(F)F)c1. The van der Waals surface area contributed by atoms with Gasteiger partial charge in [-0.05, 0) is 30.3 Å². The molecule has 0 radical (unpaired) electrons. The van der Waals surface area contributed by atoms with Gasteiger partial charge in [-0.1, -0.05) is 23.7 Å². The number of hydrogen-bond donors (Lipinski definition) is 3. The second-order valence-corrected chi connectivity index (χ2v) is 6.76. The molecule has 1 aliphatic heterocycles. The van der Waals surface area contributed by atoms with Crippen molar-refractivity contribution in [2.75, 3.05) is 11.4 Å². The molecule has 0 spiro atoms. The van der Waals surface area contributed by atoms with Crippen molar-refractivity contribution >= 4 is 39.6 Å². The number of aliphatic hydroxyl groups is 1. The Balaban J connectivity index is 1.76. The zero-order valence-corrected chi connectivity index (χ0v) is 15.3. The predicted octanol–water partition coefficient (Wildman–Crippen LogP) is 4.36. The highest BCUT2D eigenvalue weighted by Gasteiger charge is 2.36. The largest absolute Gasteiger partial charge is 0.509 e. The summed E-state index contributed by atoms with van der Waals surface area (Å²) < 4.78 is 39.5. The first kappa shape index (κ1) is 19.0. The zero-order valence-electron chi connectivity index (χ0n) is 14.5. The van der Waals surface area contributed by atoms with E-state index in [2.05, 4.69) is 9.97 Å². The van der Waals surface area contributed by atoms with Crippen LogP contribution in [-0.4, -0.2) is 27.5 Å². The maximum Gasteiger partial charge on any atom is 0.417 e. The average Bonchev–Trinajstić information content (AvgIpc) is 2.95. The Bertz CT molecular complexity index is 1250. The smallest absolute Gasteiger partial charge is 0.417 e. The van der Waals surface area contributed by atoms with Crippen molar-refractivity contribution in [2.24, 2.45) is 0 Å². The number of benzene rings is 2. The van der Waals surface area contributed by atoms with Crippen molar-refractivity contribution in [1.82, 2.24) is 9.97 Å². The van der Waals surface area contributed by atoms with E-state index < -0.39 is 22.3 Å². The van der Waals surface area contributed by atoms with Crippen molar-refractivity contribution in [3.63, 3.8) is 0 Å². The van der Waals surface area contributed by atoms with E-state index in [1.807, 2.05) is 0 Å². The molecule has 0 bridgehead atoms. The monoisotopic (exact) mass is 420 g/mol. The third kappa shape index (κ3) is 3.23. The highest BCUT2D eigenvalue weighted by atomic mass is 35.5. The van der Waals surface area contributed by atoms with Gasteiger partial charge in [-0.15, -0.1) is 0 Å². The van der Waals surface area contributed by atoms with Gasteiger partial charge in [0, 0.05) is 5.69 Å². The molecule has 0 aliphatic carbocycles. The number of aromatic nitrogens is 2. The normalized spacial score (nSPS) is 14.9. The molecule has 3 aromatic rings. The summed E-state index contributed by atoms with van der Waals surface area (Å²) in [5, 5.41) is 18.6. The summed E-state index contributed by atoms with van der Waals surface area (Å²) in [6.07, 6.45) is -4.67. The number of halogens is 4. The molecule has 1 aliphatic rings. The zero-order chi connectivity index (χ0) is 20.9. The lowest BCUT2D eigenvalue weighted by Gasteiger charge is -2.20. The Morgan fingerprint density at radius 1 is 1.21 bits per heavy atom. The number of H-pyrrole nitrogens is 1. The number of para-hydroxylation sites is 1. The van der Waals surface area contributed by atoms with E-state index >= 15 is 0 Å². The number of fused-ring (bicyclic) bond motifs is 1. The fourth-order valence-electron chi connectivity index (χ4n) is 3.15. The minimum absolute atomic E-state index is 0.0245. The summed E-state index contributed by atoms with van der Waals surface area (Å²) in [6.45, 7) is -0.246. The van der Waals surface area contributed by atoms with Crippen LogP contribution in [0, 0.1) is 5.41 Å². The molecule has 4 rings (SSSR count). The molecule has 0 atom stereocenters. The molecule has 0 amide bonds. The first-order valence-corrected chi connectivity index (χ1v) is 8.69. The van der Waals surface area contributed by atoms with Crippen molar-refractivity contribution in [2.45, 2.75) is 6.18 Å². The molecule has 2 aromatic carbocycles. The Kier molecular flexibility index (Phi) is 4.34. The summed E-state index contributed by atoms with van der Waals surface area (Å²) in [7, 11) is 0. The third-order valence-corrected chi connectivity index (χ3v) is 4.85. The molecule has 148 valence electrons. The fraction of sp³-hybridized carbons (Fsp3) is 0.105. The van der Waals surface area contributed by atoms with E-state index in [0.29, 0.717) is 10.9 Å². The lowest BCUT2D eigenvalue weighted by molar-refractivity contribution is -0.137. The number of nitrogens with one attached hydrogen (secondary N) is 2. The summed E-state index contributed by atoms with van der Waals surface area (Å²) in [4.78, 5) is 20.3. The molecule has 0 unspecified atom stereocenters. The number of rotatable bonds is 2. The van der Waals surface area contributed by atoms with Crippen molar-refractivity contribution in [3.8, 4) is 0 Å². The second-order valence-electron chi connectivity index (χ2n) is 6.35. The first-order chi connectivity index (χ1) is 13.7. The Morgan fingerprint density at radius 2 is 1.93 bits per heavy atom. The van der Waals surface area contributed by atoms with Crippen molar-refractivity contribution in [3.05, 3.63) is 75.0 Å². The van der Waals surface area contributed by atoms with Crippen molar-refractivity contribution in [1.29, 1.82) is 5.41 Å². The Labute approximate surface area is 166 Å². The highest BCUT2D eigenvalue weighted by molar-refractivity contribution is 6.32. The topological polar surface area (TPSA) is 93.1 Å². The van der Waals surface area contributed by atoms with Crippen LogP contribution in [0.15, 0.2) is 53.0 Å². The van der Waals surface area contributed by atoms with Gasteiger partial charge in [0.25, 0.3) is 5.56 Å². The van der Waals surface area contributed by atoms with Gasteiger partial charge in [-0.25, -0.2) is 4.98 Å². The van der Waals surface area contributed by atoms with E-state index in [9.17, 15) is 23.1 Å². The molecule has 3 N–H and O–H groups in total. The quantitative estimate of drug-likeness (QED) is 0.574. The van der Waals surface area contributed by atoms with Gasteiger partial charge in [0.2, 0.25) is 0 Å². The molecule has 0 saturated carbocycles. The van der Waals surface area contributed by atoms with Gasteiger partial charge in [-0.2, -0.15) is 13.2 Å². The van der Waals surface area contributed by atoms with E-state index in [4.69, 9.17) is 17.0 Å². The van der Waals surface area contributed by atoms with Crippen LogP contribution in [0.2, 0.25) is 5.02 Å². The molecule has 0 fully saturated rings. The summed E-state index contributed by atoms with van der Waals surface area (Å²) in [6, 6.07) is 9.76. The van der Waals surface area contributed by atoms with Crippen LogP contribution >= 0.6 is 11.6 Å². The van der Waals surface area contributed by atoms with Gasteiger partial charge in [0.15, 0.2) is 0 Å². The van der Waals surface area contributed by atoms with Gasteiger partial charge in [-0.3, -0.25) is 10.2 Å². The third-order valence-electron chi connectivity index (χ3n) is 4.52. The lowest BCUT2D eigenvalue weighted by atomic mass is 10.1. The lowest BCUT2D eigenvalue weighted by Crippen LogP contribution is -2.27. The van der Waals surface area contributed by atoms with E-state index in [1.54, 1.807) is 24.3 Å². The standard InChI is InChI=1S/C19H12ClF3N4O2/c20-12-6-5-9(7-11(12)19(21,22)23)27-8-14(28)15(16(27)24)17-25-13-4-2-1-3-10(13)18(29)26-17/h1-7,24,28H,8H2,(H,25,26,29).